The fourth-order valence-corrected chi connectivity index (χ4v) is 10.2. The van der Waals surface area contributed by atoms with E-state index in [-0.39, 0.29) is 36.6 Å². The summed E-state index contributed by atoms with van der Waals surface area (Å²) in [7, 11) is 1.33. The lowest BCUT2D eigenvalue weighted by atomic mass is 9.84. The predicted octanol–water partition coefficient (Wildman–Crippen LogP) is 13.0. The normalized spacial score (nSPS) is 22.8. The highest BCUT2D eigenvalue weighted by Gasteiger charge is 2.49. The first-order chi connectivity index (χ1) is 30.6. The molecular weight excluding hydrogens is 797 g/mol. The van der Waals surface area contributed by atoms with Crippen LogP contribution in [0.3, 0.4) is 0 Å². The van der Waals surface area contributed by atoms with Crippen LogP contribution in [-0.4, -0.2) is 47.9 Å². The summed E-state index contributed by atoms with van der Waals surface area (Å²) in [6.45, 7) is 26.2. The molecule has 3 unspecified atom stereocenters. The molecule has 0 amide bonds. The summed E-state index contributed by atoms with van der Waals surface area (Å²) in [5, 5.41) is 15.6. The number of aliphatic hydroxyl groups is 1. The van der Waals surface area contributed by atoms with Gasteiger partial charge < -0.3 is 19.9 Å². The second kappa shape index (κ2) is 21.3. The third-order valence-corrected chi connectivity index (χ3v) is 14.3. The van der Waals surface area contributed by atoms with Crippen LogP contribution in [0, 0.1) is 35.5 Å². The van der Waals surface area contributed by atoms with E-state index in [2.05, 4.69) is 73.4 Å². The van der Waals surface area contributed by atoms with Gasteiger partial charge in [-0.1, -0.05) is 105 Å². The number of carbonyl (C=O) groups excluding carboxylic acids is 2. The first-order valence-electron chi connectivity index (χ1n) is 24.1. The van der Waals surface area contributed by atoms with Crippen molar-refractivity contribution in [3.63, 3.8) is 0 Å². The molecular formula is C55H74N4O5. The molecule has 2 N–H and O–H groups in total. The second-order valence-corrected chi connectivity index (χ2v) is 19.5. The molecule has 0 aromatic carbocycles. The van der Waals surface area contributed by atoms with Crippen molar-refractivity contribution in [2.24, 2.45) is 50.5 Å². The largest absolute Gasteiger partial charge is 0.510 e. The lowest BCUT2D eigenvalue weighted by Gasteiger charge is -2.20. The minimum absolute atomic E-state index is 0.0838. The van der Waals surface area contributed by atoms with Crippen molar-refractivity contribution in [2.45, 2.75) is 146 Å². The number of allylic oxidation sites excluding steroid dienone is 12. The highest BCUT2D eigenvalue weighted by molar-refractivity contribution is 6.24. The lowest BCUT2D eigenvalue weighted by molar-refractivity contribution is -0.144. The third-order valence-electron chi connectivity index (χ3n) is 14.3. The Labute approximate surface area is 383 Å². The Balaban J connectivity index is 1.20. The first kappa shape index (κ1) is 48.4. The molecule has 9 nitrogen and oxygen atoms in total. The predicted molar refractivity (Wildman–Crippen MR) is 262 cm³/mol. The number of esters is 2. The van der Waals surface area contributed by atoms with Gasteiger partial charge in [0.25, 0.3) is 0 Å². The van der Waals surface area contributed by atoms with Crippen LogP contribution in [0.15, 0.2) is 131 Å². The van der Waals surface area contributed by atoms with Gasteiger partial charge in [0.2, 0.25) is 0 Å². The molecule has 8 bridgehead atoms. The molecule has 1 aliphatic carbocycles. The van der Waals surface area contributed by atoms with Crippen LogP contribution < -0.4 is 5.32 Å². The molecule has 344 valence electrons. The maximum atomic E-state index is 13.6. The Morgan fingerprint density at radius 2 is 1.53 bits per heavy atom. The third kappa shape index (κ3) is 10.6. The van der Waals surface area contributed by atoms with Crippen LogP contribution in [-0.2, 0) is 19.1 Å². The van der Waals surface area contributed by atoms with E-state index in [1.807, 2.05) is 38.2 Å². The minimum Gasteiger partial charge on any atom is -0.510 e. The molecule has 6 aliphatic rings. The van der Waals surface area contributed by atoms with Gasteiger partial charge in [0, 0.05) is 46.4 Å². The van der Waals surface area contributed by atoms with Crippen molar-refractivity contribution in [3.8, 4) is 0 Å². The summed E-state index contributed by atoms with van der Waals surface area (Å²) < 4.78 is 11.1. The van der Waals surface area contributed by atoms with Crippen LogP contribution in [0.2, 0.25) is 0 Å². The van der Waals surface area contributed by atoms with E-state index >= 15 is 0 Å². The SMILES string of the molecule is C=CC1=C(C)C2=NC1=CC1=NC(=CC3=C(C)C4=C(O)C(C(=O)OC)C(=C5NC(=C2)C(C)[C@@H]5CCC(=O)OC/C=C(\C)CCC[C@H](C)CCCC(C)CCCC(C)C)C4=N3)C(CC)=C1C. The Morgan fingerprint density at radius 1 is 0.875 bits per heavy atom. The summed E-state index contributed by atoms with van der Waals surface area (Å²) >= 11 is 0. The van der Waals surface area contributed by atoms with Crippen molar-refractivity contribution >= 4 is 29.1 Å². The Bertz CT molecular complexity index is 2300. The topological polar surface area (TPSA) is 122 Å². The zero-order valence-electron chi connectivity index (χ0n) is 40.7. The highest BCUT2D eigenvalue weighted by atomic mass is 16.5. The van der Waals surface area contributed by atoms with E-state index in [0.29, 0.717) is 29.0 Å². The fraction of sp³-hybridized carbons (Fsp3) is 0.545. The number of methoxy groups -OCH3 is 1. The summed E-state index contributed by atoms with van der Waals surface area (Å²) in [6, 6.07) is 0. The van der Waals surface area contributed by atoms with Gasteiger partial charge in [0.05, 0.1) is 41.3 Å². The number of hydrogen-bond donors (Lipinski definition) is 2. The van der Waals surface area contributed by atoms with Crippen molar-refractivity contribution in [2.75, 3.05) is 13.7 Å². The molecule has 6 rings (SSSR count). The van der Waals surface area contributed by atoms with Crippen molar-refractivity contribution in [1.29, 1.82) is 0 Å². The molecule has 0 aromatic heterocycles. The summed E-state index contributed by atoms with van der Waals surface area (Å²) in [4.78, 5) is 42.4. The Hall–Kier alpha value is -5.05. The van der Waals surface area contributed by atoms with Crippen LogP contribution in [0.5, 0.6) is 0 Å². The minimum atomic E-state index is -1.08. The standard InChI is InChI=1S/C55H74N4O5/c1-13-39-35(8)42-28-44-37(10)41(24-25-48(60)64-27-26-34(7)23-17-22-33(6)21-16-20-32(5)19-15-18-31(3)4)52(58-44)50-51(55(62)63-12)54(61)49-38(11)45(59-53(49)50)30-47-40(14-2)36(9)43(57-47)29-46(39)56-42/h13,26,28-33,37,41,51,58,61H,1,14-25,27H2,2-12H3/b34-26+,44-28?,46-29?,47-30?,52-50?/t32?,33-,37?,41+,51?/m1/s1. The maximum Gasteiger partial charge on any atom is 0.321 e. The summed E-state index contributed by atoms with van der Waals surface area (Å²) in [6.07, 6.45) is 22.7. The fourth-order valence-electron chi connectivity index (χ4n) is 10.2. The van der Waals surface area contributed by atoms with Crippen LogP contribution in [0.1, 0.15) is 146 Å². The average molecular weight is 871 g/mol. The lowest BCUT2D eigenvalue weighted by Crippen LogP contribution is -2.25. The number of aliphatic hydroxyl groups excluding tert-OH is 1. The van der Waals surface area contributed by atoms with Crippen LogP contribution in [0.4, 0.5) is 0 Å². The van der Waals surface area contributed by atoms with E-state index in [1.54, 1.807) is 0 Å². The number of nitrogens with one attached hydrogen (secondary N) is 1. The summed E-state index contributed by atoms with van der Waals surface area (Å²) in [5.41, 5.74) is 13.3. The van der Waals surface area contributed by atoms with Gasteiger partial charge in [0.15, 0.2) is 0 Å². The maximum absolute atomic E-state index is 13.6. The number of nitrogens with zero attached hydrogens (tertiary/aromatic N) is 3. The van der Waals surface area contributed by atoms with Gasteiger partial charge in [-0.15, -0.1) is 0 Å². The number of rotatable bonds is 20. The zero-order valence-corrected chi connectivity index (χ0v) is 40.7. The second-order valence-electron chi connectivity index (χ2n) is 19.5. The van der Waals surface area contributed by atoms with E-state index in [0.717, 1.165) is 99.1 Å². The zero-order chi connectivity index (χ0) is 46.4. The van der Waals surface area contributed by atoms with Gasteiger partial charge >= 0.3 is 11.9 Å². The van der Waals surface area contributed by atoms with E-state index in [4.69, 9.17) is 24.5 Å². The molecule has 0 spiro atoms. The molecule has 0 radical (unpaired) electrons. The van der Waals surface area contributed by atoms with Crippen LogP contribution >= 0.6 is 0 Å². The van der Waals surface area contributed by atoms with Gasteiger partial charge in [0.1, 0.15) is 18.3 Å². The molecule has 1 saturated heterocycles. The molecule has 0 aromatic rings. The quantitative estimate of drug-likeness (QED) is 0.0928. The Morgan fingerprint density at radius 3 is 2.19 bits per heavy atom. The van der Waals surface area contributed by atoms with Gasteiger partial charge in [-0.25, -0.2) is 15.0 Å². The molecule has 5 atom stereocenters. The van der Waals surface area contributed by atoms with Gasteiger partial charge in [-0.05, 0) is 118 Å². The van der Waals surface area contributed by atoms with Crippen LogP contribution in [0.25, 0.3) is 0 Å². The van der Waals surface area contributed by atoms with Crippen molar-refractivity contribution < 1.29 is 24.2 Å². The molecule has 1 fully saturated rings. The van der Waals surface area contributed by atoms with E-state index < -0.39 is 11.9 Å². The molecule has 9 heteroatoms. The van der Waals surface area contributed by atoms with Gasteiger partial charge in [-0.2, -0.15) is 0 Å². The van der Waals surface area contributed by atoms with Crippen molar-refractivity contribution in [1.82, 2.24) is 5.32 Å². The smallest absolute Gasteiger partial charge is 0.321 e. The number of aliphatic imine (C=N–C) groups is 3. The average Bonchev–Trinajstić information content (AvgIpc) is 3.99. The first-order valence-corrected chi connectivity index (χ1v) is 24.1. The molecule has 5 aliphatic heterocycles. The monoisotopic (exact) mass is 871 g/mol. The van der Waals surface area contributed by atoms with E-state index in [9.17, 15) is 14.7 Å². The summed E-state index contributed by atoms with van der Waals surface area (Å²) in [5.74, 6) is -0.0182. The number of carbonyl (C=O) groups is 2. The Kier molecular flexibility index (Phi) is 16.1. The number of hydrogen-bond acceptors (Lipinski definition) is 9. The molecule has 0 saturated carbocycles. The highest BCUT2D eigenvalue weighted by Crippen LogP contribution is 2.49. The number of fused-ring (bicyclic) bond motifs is 5. The molecule has 64 heavy (non-hydrogen) atoms. The molecule has 5 heterocycles. The van der Waals surface area contributed by atoms with Gasteiger partial charge in [-0.3, -0.25) is 9.59 Å². The van der Waals surface area contributed by atoms with Crippen molar-refractivity contribution in [3.05, 3.63) is 116 Å². The number of ether oxygens (including phenoxy) is 2. The van der Waals surface area contributed by atoms with E-state index in [1.165, 1.54) is 57.6 Å².